The van der Waals surface area contributed by atoms with E-state index in [4.69, 9.17) is 5.73 Å². The number of Topliss-reactive ketones (excluding diaryl/α,β-unsaturated/α-hetero) is 1. The molecule has 6 atom stereocenters. The molecule has 2 fully saturated rings. The monoisotopic (exact) mass is 846 g/mol. The number of likely N-dealkylation sites (N-methyl/N-ethyl adjacent to an activating group) is 2. The van der Waals surface area contributed by atoms with Crippen molar-refractivity contribution in [1.29, 1.82) is 0 Å². The predicted molar refractivity (Wildman–Crippen MR) is 225 cm³/mol. The summed E-state index contributed by atoms with van der Waals surface area (Å²) < 4.78 is 0. The van der Waals surface area contributed by atoms with Crippen LogP contribution in [0, 0.1) is 17.3 Å². The third-order valence-corrected chi connectivity index (χ3v) is 11.4. The number of nitrogens with two attached hydrogens (primary N) is 1. The van der Waals surface area contributed by atoms with Gasteiger partial charge in [0, 0.05) is 46.6 Å². The first-order valence-electron chi connectivity index (χ1n) is 20.9. The lowest BCUT2D eigenvalue weighted by molar-refractivity contribution is -0.143. The fourth-order valence-electron chi connectivity index (χ4n) is 8.03. The van der Waals surface area contributed by atoms with Gasteiger partial charge in [0.05, 0.1) is 36.2 Å². The van der Waals surface area contributed by atoms with Crippen molar-refractivity contribution >= 4 is 47.1 Å². The highest BCUT2D eigenvalue weighted by atomic mass is 16.2. The summed E-state index contributed by atoms with van der Waals surface area (Å²) in [5.74, 6) is -7.31. The molecule has 7 N–H and O–H groups in total. The van der Waals surface area contributed by atoms with Gasteiger partial charge in [0.2, 0.25) is 35.3 Å². The average molecular weight is 847 g/mol. The highest BCUT2D eigenvalue weighted by Gasteiger charge is 2.45. The first kappa shape index (κ1) is 47.9. The number of carbonyl (C=O) groups is 8. The molecule has 7 amide bonds. The lowest BCUT2D eigenvalue weighted by Crippen LogP contribution is -2.59. The molecule has 0 spiro atoms. The third kappa shape index (κ3) is 12.4. The van der Waals surface area contributed by atoms with Gasteiger partial charge in [-0.3, -0.25) is 43.3 Å². The zero-order chi connectivity index (χ0) is 45.0. The maximum absolute atomic E-state index is 14.4. The van der Waals surface area contributed by atoms with E-state index in [1.807, 2.05) is 20.8 Å². The lowest BCUT2D eigenvalue weighted by Gasteiger charge is -2.38. The van der Waals surface area contributed by atoms with E-state index in [0.29, 0.717) is 12.0 Å². The summed E-state index contributed by atoms with van der Waals surface area (Å²) in [6, 6.07) is 4.60. The minimum atomic E-state index is -1.22. The molecule has 1 aromatic heterocycles. The van der Waals surface area contributed by atoms with Crippen molar-refractivity contribution in [3.63, 3.8) is 0 Å². The van der Waals surface area contributed by atoms with Crippen molar-refractivity contribution < 1.29 is 38.4 Å². The average Bonchev–Trinajstić information content (AvgIpc) is 3.73. The van der Waals surface area contributed by atoms with Crippen LogP contribution in [0.4, 0.5) is 0 Å². The Hall–Kier alpha value is -5.78. The number of ketones is 1. The molecular weight excluding hydrogens is 785 g/mol. The molecule has 18 heteroatoms. The number of benzene rings is 1. The molecule has 61 heavy (non-hydrogen) atoms. The van der Waals surface area contributed by atoms with Crippen molar-refractivity contribution in [3.8, 4) is 0 Å². The number of aromatic nitrogens is 2. The fraction of sp³-hybridized carbons (Fsp3) is 0.581. The molecule has 2 heterocycles. The Morgan fingerprint density at radius 3 is 2.13 bits per heavy atom. The van der Waals surface area contributed by atoms with Gasteiger partial charge in [-0.1, -0.05) is 83.7 Å². The van der Waals surface area contributed by atoms with Gasteiger partial charge in [-0.25, -0.2) is 4.98 Å². The normalized spacial score (nSPS) is 18.7. The quantitative estimate of drug-likeness (QED) is 0.114. The van der Waals surface area contributed by atoms with Crippen LogP contribution in [-0.4, -0.2) is 126 Å². The topological polar surface area (TPSA) is 255 Å². The van der Waals surface area contributed by atoms with Crippen LogP contribution >= 0.6 is 0 Å². The molecule has 332 valence electrons. The number of nitrogens with zero attached hydrogens (tertiary/aromatic N) is 4. The molecule has 1 aromatic carbocycles. The zero-order valence-electron chi connectivity index (χ0n) is 36.3. The van der Waals surface area contributed by atoms with Crippen LogP contribution in [0.5, 0.6) is 0 Å². The van der Waals surface area contributed by atoms with E-state index >= 15 is 0 Å². The predicted octanol–water partition coefficient (Wildman–Crippen LogP) is 0.733. The molecule has 4 rings (SSSR count). The Morgan fingerprint density at radius 2 is 1.52 bits per heavy atom. The summed E-state index contributed by atoms with van der Waals surface area (Å²) in [7, 11) is 4.66. The van der Waals surface area contributed by atoms with E-state index in [9.17, 15) is 38.4 Å². The van der Waals surface area contributed by atoms with E-state index in [0.717, 1.165) is 32.1 Å². The number of primary amides is 1. The largest absolute Gasteiger partial charge is 0.364 e. The highest BCUT2D eigenvalue weighted by molar-refractivity contribution is 6.38. The van der Waals surface area contributed by atoms with Gasteiger partial charge in [0.15, 0.2) is 0 Å². The number of carbonyl (C=O) groups excluding carboxylic acids is 8. The highest BCUT2D eigenvalue weighted by Crippen LogP contribution is 2.37. The Bertz CT molecular complexity index is 1910. The molecule has 2 aromatic rings. The summed E-state index contributed by atoms with van der Waals surface area (Å²) in [6.07, 6.45) is 7.56. The fourth-order valence-corrected chi connectivity index (χ4v) is 8.03. The van der Waals surface area contributed by atoms with Crippen molar-refractivity contribution in [2.45, 2.75) is 103 Å². The first-order chi connectivity index (χ1) is 28.9. The lowest BCUT2D eigenvalue weighted by atomic mass is 9.76. The van der Waals surface area contributed by atoms with Crippen LogP contribution in [0.3, 0.4) is 0 Å². The number of nitrogens with one attached hydrogen (secondary N) is 5. The molecule has 0 unspecified atom stereocenters. The molecular formula is C43H62N10O8. The van der Waals surface area contributed by atoms with Gasteiger partial charge in [0.25, 0.3) is 11.8 Å². The molecule has 1 aliphatic carbocycles. The Balaban J connectivity index is 1.45. The van der Waals surface area contributed by atoms with Crippen molar-refractivity contribution in [2.24, 2.45) is 23.0 Å². The Labute approximate surface area is 357 Å². The van der Waals surface area contributed by atoms with Crippen molar-refractivity contribution in [2.75, 3.05) is 40.8 Å². The van der Waals surface area contributed by atoms with Gasteiger partial charge in [0.1, 0.15) is 17.8 Å². The van der Waals surface area contributed by atoms with Crippen molar-refractivity contribution in [1.82, 2.24) is 46.4 Å². The summed E-state index contributed by atoms with van der Waals surface area (Å²) >= 11 is 0. The van der Waals surface area contributed by atoms with Gasteiger partial charge in [-0.15, -0.1) is 0 Å². The second-order valence-electron chi connectivity index (χ2n) is 17.2. The molecule has 18 nitrogen and oxygen atoms in total. The van der Waals surface area contributed by atoms with Crippen LogP contribution < -0.4 is 32.3 Å². The summed E-state index contributed by atoms with van der Waals surface area (Å²) in [5.41, 5.74) is 5.47. The number of rotatable bonds is 18. The molecule has 0 radical (unpaired) electrons. The van der Waals surface area contributed by atoms with Crippen molar-refractivity contribution in [3.05, 3.63) is 59.7 Å². The van der Waals surface area contributed by atoms with Gasteiger partial charge in [-0.2, -0.15) is 0 Å². The minimum absolute atomic E-state index is 0.0945. The summed E-state index contributed by atoms with van der Waals surface area (Å²) in [4.78, 5) is 119. The Morgan fingerprint density at radius 1 is 0.869 bits per heavy atom. The van der Waals surface area contributed by atoms with Crippen LogP contribution in [-0.2, 0) is 33.6 Å². The van der Waals surface area contributed by atoms with E-state index in [1.165, 1.54) is 22.2 Å². The van der Waals surface area contributed by atoms with Crippen LogP contribution in [0.25, 0.3) is 0 Å². The smallest absolute Gasteiger partial charge is 0.290 e. The van der Waals surface area contributed by atoms with E-state index in [1.54, 1.807) is 58.4 Å². The maximum Gasteiger partial charge on any atom is 0.290 e. The minimum Gasteiger partial charge on any atom is -0.364 e. The number of hydrogen-bond donors (Lipinski definition) is 6. The molecule has 0 bridgehead atoms. The van der Waals surface area contributed by atoms with E-state index < -0.39 is 89.2 Å². The van der Waals surface area contributed by atoms with Crippen LogP contribution in [0.2, 0.25) is 0 Å². The maximum atomic E-state index is 14.4. The number of hydrogen-bond acceptors (Lipinski definition) is 11. The molecule has 1 saturated heterocycles. The van der Waals surface area contributed by atoms with E-state index in [-0.39, 0.29) is 42.7 Å². The second kappa shape index (κ2) is 21.7. The third-order valence-electron chi connectivity index (χ3n) is 11.4. The van der Waals surface area contributed by atoms with Crippen LogP contribution in [0.15, 0.2) is 42.7 Å². The zero-order valence-corrected chi connectivity index (χ0v) is 36.3. The van der Waals surface area contributed by atoms with E-state index in [2.05, 4.69) is 36.6 Å². The molecule has 2 aliphatic rings. The van der Waals surface area contributed by atoms with Gasteiger partial charge < -0.3 is 42.1 Å². The second-order valence-corrected chi connectivity index (χ2v) is 17.2. The number of amides is 7. The molecule has 1 aliphatic heterocycles. The first-order valence-corrected chi connectivity index (χ1v) is 20.9. The summed E-state index contributed by atoms with van der Waals surface area (Å²) in [5, 5.41) is 13.8. The molecule has 1 saturated carbocycles. The summed E-state index contributed by atoms with van der Waals surface area (Å²) in [6.45, 7) is 7.03. The van der Waals surface area contributed by atoms with Crippen LogP contribution in [0.1, 0.15) is 106 Å². The Kier molecular flexibility index (Phi) is 17.0. The van der Waals surface area contributed by atoms with Gasteiger partial charge >= 0.3 is 0 Å². The standard InChI is InChI=1S/C43H62N10O8/c1-8-15-28(35(55)40(59)48-24-30(54)50-32(41(60)52(5)6)26-18-13-10-14-19-26)49-38(57)27-22-45-23-29(27)53(7)42(61)36(43(2,3)4)51-39(58)31(25-16-11-9-12-17-25)33-34(37(44)56)47-21-20-46-33/h10,13-14,18-21,25,27-29,31-32,36,45H,8-9,11-12,15-17,22-24H2,1-7H3,(H2,44,56)(H,48,59)(H,49,57)(H,50,54)(H,51,58)/t27-,28+,29+,31+,32+,36-/m1/s1. The van der Waals surface area contributed by atoms with Gasteiger partial charge in [-0.05, 0) is 36.2 Å². The SMILES string of the molecule is CCC[C@H](NC(=O)[C@@H]1CNC[C@@H]1N(C)C(=O)[C@@H](NC(=O)[C@H](c1nccnc1C(N)=O)C1CCCCC1)C(C)(C)C)C(=O)C(=O)NCC(=O)N[C@H](C(=O)N(C)C)c1ccccc1.